The number of carbonyl (C=O) groups is 1. The summed E-state index contributed by atoms with van der Waals surface area (Å²) in [4.78, 5) is 11.7. The minimum atomic E-state index is -0.249. The fourth-order valence-electron chi connectivity index (χ4n) is 2.75. The number of ether oxygens (including phenoxy) is 5. The van der Waals surface area contributed by atoms with Crippen molar-refractivity contribution in [3.05, 3.63) is 41.5 Å². The molecule has 1 aromatic carbocycles. The molecule has 6 nitrogen and oxygen atoms in total. The third kappa shape index (κ3) is 11.1. The Balaban J connectivity index is 2.61. The number of rotatable bonds is 16. The van der Waals surface area contributed by atoms with E-state index in [1.807, 2.05) is 31.2 Å². The van der Waals surface area contributed by atoms with Gasteiger partial charge in [0.15, 0.2) is 0 Å². The van der Waals surface area contributed by atoms with Crippen molar-refractivity contribution >= 4 is 5.78 Å². The second-order valence-corrected chi connectivity index (χ2v) is 7.02. The molecule has 0 fully saturated rings. The van der Waals surface area contributed by atoms with Gasteiger partial charge in [0.25, 0.3) is 0 Å². The van der Waals surface area contributed by atoms with Gasteiger partial charge in [0.05, 0.1) is 39.6 Å². The van der Waals surface area contributed by atoms with Crippen LogP contribution in [0.2, 0.25) is 0 Å². The Morgan fingerprint density at radius 3 is 2.38 bits per heavy atom. The maximum absolute atomic E-state index is 11.7. The van der Waals surface area contributed by atoms with Gasteiger partial charge in [0.1, 0.15) is 18.3 Å². The molecule has 2 atom stereocenters. The van der Waals surface area contributed by atoms with Crippen LogP contribution in [0.25, 0.3) is 0 Å². The molecule has 0 aromatic heterocycles. The van der Waals surface area contributed by atoms with Crippen molar-refractivity contribution in [2.45, 2.75) is 46.3 Å². The Hall–Kier alpha value is -1.73. The zero-order valence-electron chi connectivity index (χ0n) is 18.4. The molecule has 0 spiro atoms. The van der Waals surface area contributed by atoms with Gasteiger partial charge in [-0.25, -0.2) is 0 Å². The zero-order chi connectivity index (χ0) is 21.5. The summed E-state index contributed by atoms with van der Waals surface area (Å²) < 4.78 is 27.1. The second kappa shape index (κ2) is 15.2. The fourth-order valence-corrected chi connectivity index (χ4v) is 2.75. The highest BCUT2D eigenvalue weighted by Crippen LogP contribution is 2.19. The van der Waals surface area contributed by atoms with Crippen molar-refractivity contribution in [2.75, 3.05) is 40.8 Å². The van der Waals surface area contributed by atoms with Gasteiger partial charge < -0.3 is 23.7 Å². The van der Waals surface area contributed by atoms with Gasteiger partial charge in [-0.05, 0) is 43.5 Å². The van der Waals surface area contributed by atoms with Crippen LogP contribution in [-0.4, -0.2) is 52.7 Å². The van der Waals surface area contributed by atoms with Gasteiger partial charge >= 0.3 is 0 Å². The van der Waals surface area contributed by atoms with E-state index in [1.54, 1.807) is 21.1 Å². The molecule has 0 N–H and O–H groups in total. The van der Waals surface area contributed by atoms with E-state index in [0.717, 1.165) is 23.3 Å². The smallest absolute Gasteiger partial charge is 0.146 e. The lowest BCUT2D eigenvalue weighted by Crippen LogP contribution is -2.19. The second-order valence-electron chi connectivity index (χ2n) is 7.02. The number of benzene rings is 1. The largest absolute Gasteiger partial charge is 0.497 e. The predicted molar refractivity (Wildman–Crippen MR) is 113 cm³/mol. The first-order valence-electron chi connectivity index (χ1n) is 10.1. The summed E-state index contributed by atoms with van der Waals surface area (Å²) in [5.41, 5.74) is 2.08. The maximum atomic E-state index is 11.7. The minimum Gasteiger partial charge on any atom is -0.497 e. The molecule has 1 aromatic rings. The average molecular weight is 409 g/mol. The standard InChI is InChI=1S/C23H36O6/c1-6-20(15-28-17-27-12-11-25-4)13-18(2)23(14-19(3)24)29-16-21-7-9-22(26-5)10-8-21/h7-10,13,20,23H,6,11-12,14-17H2,1-5H3/b18-13-/t20-,23?/m1/s1. The first-order chi connectivity index (χ1) is 14.0. The van der Waals surface area contributed by atoms with Gasteiger partial charge in [-0.15, -0.1) is 0 Å². The van der Waals surface area contributed by atoms with Gasteiger partial charge in [0.2, 0.25) is 0 Å². The third-order valence-electron chi connectivity index (χ3n) is 4.54. The number of ketones is 1. The number of hydrogen-bond donors (Lipinski definition) is 0. The first kappa shape index (κ1) is 25.3. The lowest BCUT2D eigenvalue weighted by Gasteiger charge is -2.20. The molecule has 0 aliphatic heterocycles. The van der Waals surface area contributed by atoms with Crippen LogP contribution >= 0.6 is 0 Å². The molecule has 0 saturated carbocycles. The molecule has 0 bridgehead atoms. The van der Waals surface area contributed by atoms with Crippen molar-refractivity contribution in [3.63, 3.8) is 0 Å². The Morgan fingerprint density at radius 1 is 1.07 bits per heavy atom. The molecule has 0 amide bonds. The van der Waals surface area contributed by atoms with Crippen LogP contribution in [0.4, 0.5) is 0 Å². The van der Waals surface area contributed by atoms with Crippen LogP contribution in [0.3, 0.4) is 0 Å². The number of carbonyl (C=O) groups excluding carboxylic acids is 1. The molecule has 0 aliphatic rings. The van der Waals surface area contributed by atoms with Gasteiger partial charge in [0, 0.05) is 19.4 Å². The van der Waals surface area contributed by atoms with E-state index in [9.17, 15) is 4.79 Å². The summed E-state index contributed by atoms with van der Waals surface area (Å²) >= 11 is 0. The monoisotopic (exact) mass is 408 g/mol. The van der Waals surface area contributed by atoms with Crippen molar-refractivity contribution in [3.8, 4) is 5.75 Å². The Morgan fingerprint density at radius 2 is 1.79 bits per heavy atom. The number of Topliss-reactive ketones (excluding diaryl/α,β-unsaturated/α-hetero) is 1. The van der Waals surface area contributed by atoms with E-state index in [4.69, 9.17) is 23.7 Å². The van der Waals surface area contributed by atoms with E-state index in [2.05, 4.69) is 13.0 Å². The average Bonchev–Trinajstić information content (AvgIpc) is 2.72. The summed E-state index contributed by atoms with van der Waals surface area (Å²) in [5, 5.41) is 0. The van der Waals surface area contributed by atoms with E-state index < -0.39 is 0 Å². The van der Waals surface area contributed by atoms with E-state index in [1.165, 1.54) is 0 Å². The molecule has 164 valence electrons. The summed E-state index contributed by atoms with van der Waals surface area (Å²) in [6, 6.07) is 7.74. The zero-order valence-corrected chi connectivity index (χ0v) is 18.4. The van der Waals surface area contributed by atoms with Crippen molar-refractivity contribution in [1.82, 2.24) is 0 Å². The van der Waals surface area contributed by atoms with E-state index in [-0.39, 0.29) is 24.6 Å². The lowest BCUT2D eigenvalue weighted by atomic mass is 9.99. The van der Waals surface area contributed by atoms with Crippen LogP contribution in [0.15, 0.2) is 35.9 Å². The molecule has 29 heavy (non-hydrogen) atoms. The molecule has 6 heteroatoms. The molecule has 1 unspecified atom stereocenters. The van der Waals surface area contributed by atoms with Crippen LogP contribution in [0.1, 0.15) is 39.2 Å². The maximum Gasteiger partial charge on any atom is 0.146 e. The topological polar surface area (TPSA) is 63.2 Å². The summed E-state index contributed by atoms with van der Waals surface area (Å²) in [5.74, 6) is 1.15. The molecule has 0 heterocycles. The van der Waals surface area contributed by atoms with Gasteiger partial charge in [-0.3, -0.25) is 4.79 Å². The Bertz CT molecular complexity index is 596. The lowest BCUT2D eigenvalue weighted by molar-refractivity contribution is -0.119. The molecule has 1 rings (SSSR count). The van der Waals surface area contributed by atoms with Crippen molar-refractivity contribution in [1.29, 1.82) is 0 Å². The highest BCUT2D eigenvalue weighted by molar-refractivity contribution is 5.76. The van der Waals surface area contributed by atoms with Crippen LogP contribution < -0.4 is 4.74 Å². The summed E-state index contributed by atoms with van der Waals surface area (Å²) in [7, 11) is 3.28. The number of hydrogen-bond acceptors (Lipinski definition) is 6. The predicted octanol–water partition coefficient (Wildman–Crippen LogP) is 4.17. The van der Waals surface area contributed by atoms with Gasteiger partial charge in [-0.1, -0.05) is 25.1 Å². The minimum absolute atomic E-state index is 0.105. The van der Waals surface area contributed by atoms with Crippen LogP contribution in [0, 0.1) is 5.92 Å². The highest BCUT2D eigenvalue weighted by atomic mass is 16.7. The molecule has 0 saturated heterocycles. The fraction of sp³-hybridized carbons (Fsp3) is 0.609. The van der Waals surface area contributed by atoms with Gasteiger partial charge in [-0.2, -0.15) is 0 Å². The number of methoxy groups -OCH3 is 2. The molecule has 0 aliphatic carbocycles. The van der Waals surface area contributed by atoms with Crippen LogP contribution in [0.5, 0.6) is 5.75 Å². The van der Waals surface area contributed by atoms with Crippen molar-refractivity contribution < 1.29 is 28.5 Å². The normalized spacial score (nSPS) is 13.9. The molecule has 0 radical (unpaired) electrons. The van der Waals surface area contributed by atoms with E-state index >= 15 is 0 Å². The Kier molecular flexibility index (Phi) is 13.2. The quantitative estimate of drug-likeness (QED) is 0.232. The van der Waals surface area contributed by atoms with Crippen molar-refractivity contribution in [2.24, 2.45) is 5.92 Å². The molecular formula is C23H36O6. The highest BCUT2D eigenvalue weighted by Gasteiger charge is 2.16. The Labute approximate surface area is 175 Å². The van der Waals surface area contributed by atoms with E-state index in [0.29, 0.717) is 32.8 Å². The SMILES string of the molecule is CC[C@H](/C=C(/C)C(CC(C)=O)OCc1ccc(OC)cc1)COCOCCOC. The molecular weight excluding hydrogens is 372 g/mol. The third-order valence-corrected chi connectivity index (χ3v) is 4.54. The summed E-state index contributed by atoms with van der Waals surface area (Å²) in [6.45, 7) is 8.03. The summed E-state index contributed by atoms with van der Waals surface area (Å²) in [6.07, 6.45) is 3.19. The van der Waals surface area contributed by atoms with Crippen LogP contribution in [-0.2, 0) is 30.3 Å². The first-order valence-corrected chi connectivity index (χ1v) is 10.1.